The van der Waals surface area contributed by atoms with Gasteiger partial charge >= 0.3 is 0 Å². The summed E-state index contributed by atoms with van der Waals surface area (Å²) in [6.45, 7) is 5.58. The van der Waals surface area contributed by atoms with Crippen molar-refractivity contribution in [2.75, 3.05) is 0 Å². The van der Waals surface area contributed by atoms with Crippen LogP contribution in [0.5, 0.6) is 11.6 Å². The lowest BCUT2D eigenvalue weighted by atomic mass is 9.87. The Morgan fingerprint density at radius 2 is 2.19 bits per heavy atom. The van der Waals surface area contributed by atoms with Gasteiger partial charge in [-0.1, -0.05) is 0 Å². The number of hydrogen-bond acceptors (Lipinski definition) is 4. The zero-order chi connectivity index (χ0) is 18.6. The zero-order valence-corrected chi connectivity index (χ0v) is 16.1. The summed E-state index contributed by atoms with van der Waals surface area (Å²) in [5, 5.41) is 3.13. The van der Waals surface area contributed by atoms with Crippen LogP contribution in [0.1, 0.15) is 65.7 Å². The Labute approximate surface area is 156 Å². The summed E-state index contributed by atoms with van der Waals surface area (Å²) in [6, 6.07) is 3.75. The molecule has 1 saturated carbocycles. The second kappa shape index (κ2) is 8.11. The van der Waals surface area contributed by atoms with Gasteiger partial charge in [0.15, 0.2) is 0 Å². The van der Waals surface area contributed by atoms with Crippen molar-refractivity contribution in [3.8, 4) is 11.6 Å². The number of carbonyl (C=O) groups excluding carboxylic acids is 1. The van der Waals surface area contributed by atoms with E-state index in [0.717, 1.165) is 50.0 Å². The molecule has 5 nitrogen and oxygen atoms in total. The molecule has 1 amide bonds. The standard InChI is InChI=1S/C21H30N2O3/c1-15(2)25-20-9-8-19(14-22-20)26-18-6-4-17(5-7-18)10-11-21(12-13-21)23-16(3)24/h6,8-9,14-15,17H,4-5,7,10-13H2,1-3H3,(H,23,24)/t17-/m0/s1. The third-order valence-electron chi connectivity index (χ3n) is 5.12. The van der Waals surface area contributed by atoms with E-state index in [1.54, 1.807) is 13.1 Å². The molecular weight excluding hydrogens is 328 g/mol. The van der Waals surface area contributed by atoms with Crippen LogP contribution in [0, 0.1) is 5.92 Å². The lowest BCUT2D eigenvalue weighted by Crippen LogP contribution is -2.35. The van der Waals surface area contributed by atoms with Crippen LogP contribution in [0.2, 0.25) is 0 Å². The number of nitrogens with one attached hydrogen (secondary N) is 1. The highest BCUT2D eigenvalue weighted by molar-refractivity contribution is 5.74. The SMILES string of the molecule is CC(=O)NC1(CC[C@H]2CC=C(Oc3ccc(OC(C)C)nc3)CC2)CC1. The number of hydrogen-bond donors (Lipinski definition) is 1. The molecule has 1 aromatic rings. The Morgan fingerprint density at radius 1 is 1.38 bits per heavy atom. The monoisotopic (exact) mass is 358 g/mol. The topological polar surface area (TPSA) is 60.5 Å². The largest absolute Gasteiger partial charge is 0.475 e. The van der Waals surface area contributed by atoms with Crippen molar-refractivity contribution in [3.05, 3.63) is 30.2 Å². The van der Waals surface area contributed by atoms with Crippen LogP contribution in [-0.2, 0) is 4.79 Å². The average molecular weight is 358 g/mol. The van der Waals surface area contributed by atoms with Crippen molar-refractivity contribution in [1.29, 1.82) is 0 Å². The first kappa shape index (κ1) is 18.7. The molecule has 142 valence electrons. The Kier molecular flexibility index (Phi) is 5.84. The second-order valence-corrected chi connectivity index (χ2v) is 7.91. The molecule has 1 N–H and O–H groups in total. The first-order valence-electron chi connectivity index (χ1n) is 9.72. The van der Waals surface area contributed by atoms with Gasteiger partial charge in [0.1, 0.15) is 11.5 Å². The van der Waals surface area contributed by atoms with Gasteiger partial charge in [0.05, 0.1) is 12.3 Å². The number of amides is 1. The Morgan fingerprint density at radius 3 is 2.73 bits per heavy atom. The van der Waals surface area contributed by atoms with Gasteiger partial charge in [0.2, 0.25) is 11.8 Å². The molecule has 2 aliphatic rings. The average Bonchev–Trinajstić information content (AvgIpc) is 3.35. The van der Waals surface area contributed by atoms with Crippen molar-refractivity contribution >= 4 is 5.91 Å². The number of rotatable bonds is 8. The highest BCUT2D eigenvalue weighted by atomic mass is 16.5. The molecule has 1 fully saturated rings. The van der Waals surface area contributed by atoms with Crippen LogP contribution >= 0.6 is 0 Å². The molecule has 0 bridgehead atoms. The lowest BCUT2D eigenvalue weighted by Gasteiger charge is -2.24. The third-order valence-corrected chi connectivity index (χ3v) is 5.12. The maximum atomic E-state index is 11.3. The van der Waals surface area contributed by atoms with Crippen molar-refractivity contribution in [1.82, 2.24) is 10.3 Å². The van der Waals surface area contributed by atoms with Crippen LogP contribution in [-0.4, -0.2) is 22.5 Å². The number of pyridine rings is 1. The highest BCUT2D eigenvalue weighted by Gasteiger charge is 2.43. The normalized spacial score (nSPS) is 21.1. The Hall–Kier alpha value is -2.04. The van der Waals surface area contributed by atoms with E-state index in [0.29, 0.717) is 11.8 Å². The molecular formula is C21H30N2O3. The smallest absolute Gasteiger partial charge is 0.217 e. The molecule has 1 heterocycles. The van der Waals surface area contributed by atoms with Gasteiger partial charge in [-0.3, -0.25) is 4.79 Å². The maximum Gasteiger partial charge on any atom is 0.217 e. The minimum Gasteiger partial charge on any atom is -0.475 e. The van der Waals surface area contributed by atoms with E-state index in [9.17, 15) is 4.79 Å². The fraction of sp³-hybridized carbons (Fsp3) is 0.619. The maximum absolute atomic E-state index is 11.3. The molecule has 0 saturated heterocycles. The second-order valence-electron chi connectivity index (χ2n) is 7.91. The summed E-state index contributed by atoms with van der Waals surface area (Å²) in [6.07, 6.45) is 11.7. The van der Waals surface area contributed by atoms with Crippen LogP contribution in [0.3, 0.4) is 0 Å². The van der Waals surface area contributed by atoms with Gasteiger partial charge in [0, 0.05) is 24.9 Å². The predicted octanol–water partition coefficient (Wildman–Crippen LogP) is 4.38. The lowest BCUT2D eigenvalue weighted by molar-refractivity contribution is -0.120. The van der Waals surface area contributed by atoms with Crippen LogP contribution in [0.4, 0.5) is 0 Å². The van der Waals surface area contributed by atoms with E-state index < -0.39 is 0 Å². The summed E-state index contributed by atoms with van der Waals surface area (Å²) in [5.74, 6) is 3.20. The van der Waals surface area contributed by atoms with Crippen molar-refractivity contribution in [2.24, 2.45) is 5.92 Å². The molecule has 3 rings (SSSR count). The van der Waals surface area contributed by atoms with E-state index in [1.807, 2.05) is 26.0 Å². The minimum absolute atomic E-state index is 0.0974. The number of carbonyl (C=O) groups is 1. The van der Waals surface area contributed by atoms with E-state index in [1.165, 1.54) is 6.42 Å². The van der Waals surface area contributed by atoms with E-state index in [4.69, 9.17) is 9.47 Å². The van der Waals surface area contributed by atoms with E-state index >= 15 is 0 Å². The molecule has 5 heteroatoms. The molecule has 0 radical (unpaired) electrons. The number of aromatic nitrogens is 1. The molecule has 0 unspecified atom stereocenters. The minimum atomic E-state index is 0.0974. The Balaban J connectivity index is 1.43. The van der Waals surface area contributed by atoms with Gasteiger partial charge in [0.25, 0.3) is 0 Å². The first-order valence-corrected chi connectivity index (χ1v) is 9.72. The fourth-order valence-electron chi connectivity index (χ4n) is 3.55. The van der Waals surface area contributed by atoms with Crippen LogP contribution < -0.4 is 14.8 Å². The van der Waals surface area contributed by atoms with Gasteiger partial charge in [-0.2, -0.15) is 0 Å². The van der Waals surface area contributed by atoms with Crippen molar-refractivity contribution in [3.63, 3.8) is 0 Å². The van der Waals surface area contributed by atoms with Gasteiger partial charge in [-0.05, 0) is 70.4 Å². The molecule has 26 heavy (non-hydrogen) atoms. The van der Waals surface area contributed by atoms with E-state index in [2.05, 4.69) is 16.4 Å². The molecule has 1 aromatic heterocycles. The molecule has 0 aromatic carbocycles. The Bertz CT molecular complexity index is 648. The highest BCUT2D eigenvalue weighted by Crippen LogP contribution is 2.42. The summed E-state index contributed by atoms with van der Waals surface area (Å²) < 4.78 is 11.5. The number of nitrogens with zero attached hydrogens (tertiary/aromatic N) is 1. The summed E-state index contributed by atoms with van der Waals surface area (Å²) in [4.78, 5) is 15.6. The van der Waals surface area contributed by atoms with Gasteiger partial charge < -0.3 is 14.8 Å². The zero-order valence-electron chi connectivity index (χ0n) is 16.1. The van der Waals surface area contributed by atoms with Crippen molar-refractivity contribution < 1.29 is 14.3 Å². The molecule has 1 atom stereocenters. The van der Waals surface area contributed by atoms with Crippen LogP contribution in [0.25, 0.3) is 0 Å². The number of ether oxygens (including phenoxy) is 2. The van der Waals surface area contributed by atoms with Gasteiger partial charge in [-0.25, -0.2) is 4.98 Å². The number of allylic oxidation sites excluding steroid dienone is 2. The fourth-order valence-corrected chi connectivity index (χ4v) is 3.55. The van der Waals surface area contributed by atoms with E-state index in [-0.39, 0.29) is 17.6 Å². The third kappa shape index (κ3) is 5.48. The summed E-state index contributed by atoms with van der Waals surface area (Å²) in [5.41, 5.74) is 0.109. The predicted molar refractivity (Wildman–Crippen MR) is 101 cm³/mol. The van der Waals surface area contributed by atoms with Crippen molar-refractivity contribution in [2.45, 2.75) is 77.4 Å². The molecule has 0 aliphatic heterocycles. The molecule has 2 aliphatic carbocycles. The van der Waals surface area contributed by atoms with Gasteiger partial charge in [-0.15, -0.1) is 0 Å². The first-order chi connectivity index (χ1) is 12.4. The summed E-state index contributed by atoms with van der Waals surface area (Å²) >= 11 is 0. The van der Waals surface area contributed by atoms with Crippen LogP contribution in [0.15, 0.2) is 30.2 Å². The quantitative estimate of drug-likeness (QED) is 0.749. The summed E-state index contributed by atoms with van der Waals surface area (Å²) in [7, 11) is 0. The molecule has 0 spiro atoms.